The Morgan fingerprint density at radius 2 is 1.68 bits per heavy atom. The first-order valence-electron chi connectivity index (χ1n) is 9.40. The highest BCUT2D eigenvalue weighted by molar-refractivity contribution is 5.97. The van der Waals surface area contributed by atoms with Gasteiger partial charge in [-0.25, -0.2) is 0 Å². The highest BCUT2D eigenvalue weighted by Gasteiger charge is 2.26. The molecule has 0 unspecified atom stereocenters. The van der Waals surface area contributed by atoms with Crippen molar-refractivity contribution in [2.24, 2.45) is 5.92 Å². The van der Waals surface area contributed by atoms with Gasteiger partial charge in [-0.05, 0) is 45.8 Å². The summed E-state index contributed by atoms with van der Waals surface area (Å²) in [6.07, 6.45) is 3.24. The number of rotatable bonds is 5. The lowest BCUT2D eigenvalue weighted by Crippen LogP contribution is -2.36. The van der Waals surface area contributed by atoms with Crippen LogP contribution < -0.4 is 0 Å². The summed E-state index contributed by atoms with van der Waals surface area (Å²) in [5, 5.41) is 0. The van der Waals surface area contributed by atoms with E-state index in [1.165, 1.54) is 0 Å². The predicted molar refractivity (Wildman–Crippen MR) is 102 cm³/mol. The van der Waals surface area contributed by atoms with Crippen LogP contribution in [0.15, 0.2) is 24.3 Å². The molecule has 25 heavy (non-hydrogen) atoms. The van der Waals surface area contributed by atoms with E-state index >= 15 is 0 Å². The highest BCUT2D eigenvalue weighted by atomic mass is 16.2. The lowest BCUT2D eigenvalue weighted by Gasteiger charge is -2.25. The van der Waals surface area contributed by atoms with Gasteiger partial charge >= 0.3 is 0 Å². The Morgan fingerprint density at radius 1 is 1.04 bits per heavy atom. The van der Waals surface area contributed by atoms with Gasteiger partial charge < -0.3 is 9.80 Å². The maximum atomic E-state index is 12.9. The first kappa shape index (κ1) is 19.6. The molecule has 1 saturated heterocycles. The van der Waals surface area contributed by atoms with Crippen molar-refractivity contribution in [1.82, 2.24) is 9.80 Å². The number of likely N-dealkylation sites (tertiary alicyclic amines) is 1. The van der Waals surface area contributed by atoms with Crippen molar-refractivity contribution in [2.45, 2.75) is 52.0 Å². The maximum absolute atomic E-state index is 12.9. The molecule has 4 nitrogen and oxygen atoms in total. The maximum Gasteiger partial charge on any atom is 0.229 e. The Hall–Kier alpha value is -1.68. The van der Waals surface area contributed by atoms with Crippen molar-refractivity contribution >= 4 is 11.7 Å². The second-order valence-corrected chi connectivity index (χ2v) is 7.74. The Balaban J connectivity index is 2.03. The SMILES string of the molecule is CC(C)C(=O)c1ccc([C@H](C)C(=O)N2CCC[C@H](N(C)C)CC2)cc1. The molecule has 1 aromatic carbocycles. The molecular formula is C21H32N2O2. The van der Waals surface area contributed by atoms with Crippen molar-refractivity contribution in [3.8, 4) is 0 Å². The lowest BCUT2D eigenvalue weighted by atomic mass is 9.95. The molecule has 1 aliphatic rings. The minimum absolute atomic E-state index is 0.00773. The first-order valence-corrected chi connectivity index (χ1v) is 9.40. The molecule has 1 aliphatic heterocycles. The molecule has 0 spiro atoms. The van der Waals surface area contributed by atoms with Gasteiger partial charge in [-0.1, -0.05) is 38.1 Å². The second-order valence-electron chi connectivity index (χ2n) is 7.74. The van der Waals surface area contributed by atoms with Crippen molar-refractivity contribution < 1.29 is 9.59 Å². The van der Waals surface area contributed by atoms with Crippen LogP contribution in [0.1, 0.15) is 61.9 Å². The number of amides is 1. The molecule has 2 atom stereocenters. The molecule has 0 bridgehead atoms. The fraction of sp³-hybridized carbons (Fsp3) is 0.619. The van der Waals surface area contributed by atoms with Gasteiger partial charge in [0, 0.05) is 30.6 Å². The lowest BCUT2D eigenvalue weighted by molar-refractivity contribution is -0.132. The van der Waals surface area contributed by atoms with Crippen molar-refractivity contribution in [3.63, 3.8) is 0 Å². The standard InChI is InChI=1S/C21H32N2O2/c1-15(2)20(24)18-10-8-17(9-11-18)16(3)21(25)23-13-6-7-19(12-14-23)22(4)5/h8-11,15-16,19H,6-7,12-14H2,1-5H3/t16-,19-/m0/s1. The van der Waals surface area contributed by atoms with Gasteiger partial charge in [-0.2, -0.15) is 0 Å². The summed E-state index contributed by atoms with van der Waals surface area (Å²) in [5.41, 5.74) is 1.71. The van der Waals surface area contributed by atoms with Crippen LogP contribution in [0.5, 0.6) is 0 Å². The number of nitrogens with zero attached hydrogens (tertiary/aromatic N) is 2. The largest absolute Gasteiger partial charge is 0.342 e. The fourth-order valence-corrected chi connectivity index (χ4v) is 3.50. The summed E-state index contributed by atoms with van der Waals surface area (Å²) in [6, 6.07) is 8.13. The van der Waals surface area contributed by atoms with E-state index < -0.39 is 0 Å². The number of carbonyl (C=O) groups is 2. The van der Waals surface area contributed by atoms with Crippen LogP contribution in [0, 0.1) is 5.92 Å². The smallest absolute Gasteiger partial charge is 0.229 e. The van der Waals surface area contributed by atoms with Crippen LogP contribution in [0.4, 0.5) is 0 Å². The molecule has 4 heteroatoms. The monoisotopic (exact) mass is 344 g/mol. The summed E-state index contributed by atoms with van der Waals surface area (Å²) in [5.74, 6) is 0.167. The average molecular weight is 344 g/mol. The fourth-order valence-electron chi connectivity index (χ4n) is 3.50. The van der Waals surface area contributed by atoms with Gasteiger partial charge in [0.2, 0.25) is 5.91 Å². The van der Waals surface area contributed by atoms with Crippen LogP contribution in [0.3, 0.4) is 0 Å². The van der Waals surface area contributed by atoms with Crippen molar-refractivity contribution in [1.29, 1.82) is 0 Å². The average Bonchev–Trinajstić information content (AvgIpc) is 2.86. The Morgan fingerprint density at radius 3 is 2.24 bits per heavy atom. The van der Waals surface area contributed by atoms with Crippen molar-refractivity contribution in [3.05, 3.63) is 35.4 Å². The van der Waals surface area contributed by atoms with Crippen LogP contribution >= 0.6 is 0 Å². The number of Topliss-reactive ketones (excluding diaryl/α,β-unsaturated/α-hetero) is 1. The van der Waals surface area contributed by atoms with Crippen LogP contribution in [0.25, 0.3) is 0 Å². The minimum atomic E-state index is -0.167. The van der Waals surface area contributed by atoms with Crippen LogP contribution in [0.2, 0.25) is 0 Å². The second kappa shape index (κ2) is 8.61. The molecule has 0 aromatic heterocycles. The molecule has 0 aliphatic carbocycles. The van der Waals surface area contributed by atoms with E-state index in [0.717, 1.165) is 43.5 Å². The predicted octanol–water partition coefficient (Wildman–Crippen LogP) is 3.57. The topological polar surface area (TPSA) is 40.6 Å². The van der Waals surface area contributed by atoms with Gasteiger partial charge in [0.25, 0.3) is 0 Å². The molecule has 1 fully saturated rings. The Labute approximate surface area is 152 Å². The van der Waals surface area contributed by atoms with E-state index in [1.807, 2.05) is 49.9 Å². The number of benzene rings is 1. The molecule has 0 N–H and O–H groups in total. The molecule has 0 saturated carbocycles. The minimum Gasteiger partial charge on any atom is -0.342 e. The van der Waals surface area contributed by atoms with Gasteiger partial charge in [0.15, 0.2) is 5.78 Å². The molecule has 138 valence electrons. The van der Waals surface area contributed by atoms with Crippen molar-refractivity contribution in [2.75, 3.05) is 27.2 Å². The van der Waals surface area contributed by atoms with Crippen LogP contribution in [-0.2, 0) is 4.79 Å². The van der Waals surface area contributed by atoms with Gasteiger partial charge in [0.05, 0.1) is 5.92 Å². The van der Waals surface area contributed by atoms with E-state index in [2.05, 4.69) is 19.0 Å². The number of hydrogen-bond donors (Lipinski definition) is 0. The molecule has 2 rings (SSSR count). The normalized spacial score (nSPS) is 19.8. The van der Waals surface area contributed by atoms with Gasteiger partial charge in [-0.15, -0.1) is 0 Å². The molecular weight excluding hydrogens is 312 g/mol. The third-order valence-corrected chi connectivity index (χ3v) is 5.33. The zero-order chi connectivity index (χ0) is 18.6. The van der Waals surface area contributed by atoms with Crippen LogP contribution in [-0.4, -0.2) is 54.7 Å². The summed E-state index contributed by atoms with van der Waals surface area (Å²) < 4.78 is 0. The molecule has 1 aromatic rings. The molecule has 1 amide bonds. The van der Waals surface area contributed by atoms with Gasteiger partial charge in [0.1, 0.15) is 0 Å². The molecule has 1 heterocycles. The van der Waals surface area contributed by atoms with E-state index in [-0.39, 0.29) is 23.5 Å². The Kier molecular flexibility index (Phi) is 6.77. The summed E-state index contributed by atoms with van der Waals surface area (Å²) >= 11 is 0. The number of hydrogen-bond acceptors (Lipinski definition) is 3. The first-order chi connectivity index (χ1) is 11.8. The van der Waals surface area contributed by atoms with E-state index in [1.54, 1.807) is 0 Å². The highest BCUT2D eigenvalue weighted by Crippen LogP contribution is 2.22. The number of carbonyl (C=O) groups excluding carboxylic acids is 2. The van der Waals surface area contributed by atoms with E-state index in [9.17, 15) is 9.59 Å². The van der Waals surface area contributed by atoms with E-state index in [4.69, 9.17) is 0 Å². The third-order valence-electron chi connectivity index (χ3n) is 5.33. The quantitative estimate of drug-likeness (QED) is 0.767. The van der Waals surface area contributed by atoms with Gasteiger partial charge in [-0.3, -0.25) is 9.59 Å². The molecule has 0 radical (unpaired) electrons. The number of ketones is 1. The third kappa shape index (κ3) is 4.91. The Bertz CT molecular complexity index is 592. The summed E-state index contributed by atoms with van der Waals surface area (Å²) in [4.78, 5) is 29.2. The zero-order valence-corrected chi connectivity index (χ0v) is 16.3. The van der Waals surface area contributed by atoms with E-state index in [0.29, 0.717) is 6.04 Å². The summed E-state index contributed by atoms with van der Waals surface area (Å²) in [7, 11) is 4.23. The zero-order valence-electron chi connectivity index (χ0n) is 16.3. The summed E-state index contributed by atoms with van der Waals surface area (Å²) in [6.45, 7) is 7.45.